The second-order valence-corrected chi connectivity index (χ2v) is 4.73. The molecule has 1 aromatic rings. The van der Waals surface area contributed by atoms with Crippen molar-refractivity contribution in [3.05, 3.63) is 23.8 Å². The zero-order valence-corrected chi connectivity index (χ0v) is 11.5. The maximum atomic E-state index is 11.5. The first-order valence-corrected chi connectivity index (χ1v) is 6.23. The Kier molecular flexibility index (Phi) is 3.74. The van der Waals surface area contributed by atoms with Crippen molar-refractivity contribution in [2.75, 3.05) is 32.1 Å². The van der Waals surface area contributed by atoms with Crippen LogP contribution in [0.3, 0.4) is 0 Å². The van der Waals surface area contributed by atoms with E-state index in [9.17, 15) is 9.59 Å². The van der Waals surface area contributed by atoms with Gasteiger partial charge in [0, 0.05) is 27.6 Å². The molecular weight excluding hydrogens is 244 g/mol. The molecule has 0 aromatic heterocycles. The Balaban J connectivity index is 2.09. The normalized spacial score (nSPS) is 13.8. The van der Waals surface area contributed by atoms with Gasteiger partial charge in [0.05, 0.1) is 5.69 Å². The van der Waals surface area contributed by atoms with E-state index in [-0.39, 0.29) is 18.4 Å². The van der Waals surface area contributed by atoms with Crippen LogP contribution in [0.2, 0.25) is 0 Å². The molecule has 5 nitrogen and oxygen atoms in total. The molecule has 5 heteroatoms. The Morgan fingerprint density at radius 1 is 1.47 bits per heavy atom. The lowest BCUT2D eigenvalue weighted by molar-refractivity contribution is -0.127. The van der Waals surface area contributed by atoms with Gasteiger partial charge in [-0.1, -0.05) is 6.07 Å². The number of carbonyl (C=O) groups excluding carboxylic acids is 2. The van der Waals surface area contributed by atoms with Gasteiger partial charge in [0.15, 0.2) is 6.61 Å². The van der Waals surface area contributed by atoms with Crippen LogP contribution in [0.15, 0.2) is 18.2 Å². The van der Waals surface area contributed by atoms with Crippen LogP contribution >= 0.6 is 0 Å². The predicted octanol–water partition coefficient (Wildman–Crippen LogP) is 1.06. The highest BCUT2D eigenvalue weighted by molar-refractivity contribution is 5.97. The van der Waals surface area contributed by atoms with E-state index in [1.54, 1.807) is 30.8 Å². The summed E-state index contributed by atoms with van der Waals surface area (Å²) in [4.78, 5) is 25.9. The topological polar surface area (TPSA) is 49.9 Å². The van der Waals surface area contributed by atoms with Crippen molar-refractivity contribution >= 4 is 17.5 Å². The highest BCUT2D eigenvalue weighted by Crippen LogP contribution is 2.32. The molecule has 0 unspecified atom stereocenters. The second-order valence-electron chi connectivity index (χ2n) is 4.73. The van der Waals surface area contributed by atoms with Crippen LogP contribution in [-0.4, -0.2) is 44.0 Å². The van der Waals surface area contributed by atoms with E-state index in [1.807, 2.05) is 18.2 Å². The van der Waals surface area contributed by atoms with Crippen molar-refractivity contribution in [2.45, 2.75) is 13.3 Å². The molecule has 0 N–H and O–H groups in total. The van der Waals surface area contributed by atoms with Gasteiger partial charge in [0.25, 0.3) is 5.91 Å². The minimum absolute atomic E-state index is 0.0448. The third-order valence-electron chi connectivity index (χ3n) is 3.38. The molecule has 0 fully saturated rings. The van der Waals surface area contributed by atoms with E-state index in [0.717, 1.165) is 23.4 Å². The van der Waals surface area contributed by atoms with E-state index in [1.165, 1.54) is 0 Å². The quantitative estimate of drug-likeness (QED) is 0.818. The van der Waals surface area contributed by atoms with Crippen LogP contribution in [0.4, 0.5) is 5.69 Å². The Morgan fingerprint density at radius 2 is 2.21 bits per heavy atom. The summed E-state index contributed by atoms with van der Waals surface area (Å²) in [5.41, 5.74) is 1.88. The fourth-order valence-electron chi connectivity index (χ4n) is 1.93. The van der Waals surface area contributed by atoms with Crippen LogP contribution in [-0.2, 0) is 16.0 Å². The van der Waals surface area contributed by atoms with Gasteiger partial charge < -0.3 is 14.5 Å². The summed E-state index contributed by atoms with van der Waals surface area (Å²) in [5, 5.41) is 0. The Bertz CT molecular complexity index is 513. The van der Waals surface area contributed by atoms with Gasteiger partial charge in [0.1, 0.15) is 5.75 Å². The highest BCUT2D eigenvalue weighted by atomic mass is 16.5. The number of hydrogen-bond acceptors (Lipinski definition) is 3. The lowest BCUT2D eigenvalue weighted by atomic mass is 10.1. The zero-order chi connectivity index (χ0) is 14.0. The van der Waals surface area contributed by atoms with Gasteiger partial charge in [-0.3, -0.25) is 9.59 Å². The molecule has 0 saturated carbocycles. The number of likely N-dealkylation sites (N-methyl/N-ethyl adjacent to an activating group) is 2. The molecule has 19 heavy (non-hydrogen) atoms. The van der Waals surface area contributed by atoms with Crippen LogP contribution in [0.5, 0.6) is 5.75 Å². The molecule has 0 radical (unpaired) electrons. The summed E-state index contributed by atoms with van der Waals surface area (Å²) in [5.74, 6) is 0.737. The maximum Gasteiger partial charge on any atom is 0.264 e. The summed E-state index contributed by atoms with van der Waals surface area (Å²) in [6.45, 7) is 2.31. The average Bonchev–Trinajstić information content (AvgIpc) is 2.40. The van der Waals surface area contributed by atoms with Gasteiger partial charge in [-0.2, -0.15) is 0 Å². The molecule has 1 aliphatic rings. The largest absolute Gasteiger partial charge is 0.482 e. The zero-order valence-electron chi connectivity index (χ0n) is 11.5. The number of rotatable bonds is 3. The van der Waals surface area contributed by atoms with Crippen molar-refractivity contribution in [3.8, 4) is 5.75 Å². The number of fused-ring (bicyclic) bond motifs is 1. The van der Waals surface area contributed by atoms with Crippen molar-refractivity contribution in [3.63, 3.8) is 0 Å². The molecule has 0 saturated heterocycles. The van der Waals surface area contributed by atoms with Crippen LogP contribution in [0, 0.1) is 0 Å². The molecule has 102 valence electrons. The summed E-state index contributed by atoms with van der Waals surface area (Å²) in [7, 11) is 3.52. The van der Waals surface area contributed by atoms with Crippen molar-refractivity contribution in [2.24, 2.45) is 0 Å². The number of anilines is 1. The molecule has 1 heterocycles. The first kappa shape index (κ1) is 13.4. The van der Waals surface area contributed by atoms with Crippen molar-refractivity contribution in [1.82, 2.24) is 4.90 Å². The average molecular weight is 262 g/mol. The molecule has 0 atom stereocenters. The molecule has 0 spiro atoms. The Labute approximate surface area is 112 Å². The summed E-state index contributed by atoms with van der Waals surface area (Å²) in [6, 6.07) is 5.78. The lowest BCUT2D eigenvalue weighted by Gasteiger charge is -2.26. The number of amides is 2. The third kappa shape index (κ3) is 2.86. The third-order valence-corrected chi connectivity index (χ3v) is 3.38. The number of carbonyl (C=O) groups is 2. The first-order chi connectivity index (χ1) is 8.99. The molecule has 0 aliphatic carbocycles. The van der Waals surface area contributed by atoms with E-state index >= 15 is 0 Å². The van der Waals surface area contributed by atoms with Gasteiger partial charge >= 0.3 is 0 Å². The monoisotopic (exact) mass is 262 g/mol. The van der Waals surface area contributed by atoms with Crippen LogP contribution < -0.4 is 9.64 Å². The molecule has 1 aromatic carbocycles. The molecular formula is C14H18N2O3. The predicted molar refractivity (Wildman–Crippen MR) is 72.4 cm³/mol. The number of ether oxygens (including phenoxy) is 1. The molecule has 2 amide bonds. The minimum Gasteiger partial charge on any atom is -0.482 e. The van der Waals surface area contributed by atoms with Crippen LogP contribution in [0.1, 0.15) is 12.5 Å². The Hall–Kier alpha value is -2.04. The summed E-state index contributed by atoms with van der Waals surface area (Å²) >= 11 is 0. The van der Waals surface area contributed by atoms with Gasteiger partial charge in [-0.25, -0.2) is 0 Å². The molecule has 0 bridgehead atoms. The number of benzene rings is 1. The Morgan fingerprint density at radius 3 is 2.89 bits per heavy atom. The van der Waals surface area contributed by atoms with Crippen LogP contribution in [0.25, 0.3) is 0 Å². The summed E-state index contributed by atoms with van der Waals surface area (Å²) in [6.07, 6.45) is 0.768. The second kappa shape index (κ2) is 5.30. The van der Waals surface area contributed by atoms with Gasteiger partial charge in [0.2, 0.25) is 5.91 Å². The molecule has 1 aliphatic heterocycles. The molecule has 2 rings (SSSR count). The summed E-state index contributed by atoms with van der Waals surface area (Å²) < 4.78 is 5.43. The van der Waals surface area contributed by atoms with Crippen molar-refractivity contribution in [1.29, 1.82) is 0 Å². The lowest BCUT2D eigenvalue weighted by Crippen LogP contribution is -2.35. The smallest absolute Gasteiger partial charge is 0.264 e. The van der Waals surface area contributed by atoms with E-state index in [2.05, 4.69) is 0 Å². The van der Waals surface area contributed by atoms with Gasteiger partial charge in [-0.05, 0) is 24.1 Å². The minimum atomic E-state index is -0.0448. The highest BCUT2D eigenvalue weighted by Gasteiger charge is 2.22. The van der Waals surface area contributed by atoms with E-state index in [4.69, 9.17) is 4.74 Å². The fourth-order valence-corrected chi connectivity index (χ4v) is 1.93. The van der Waals surface area contributed by atoms with E-state index < -0.39 is 0 Å². The van der Waals surface area contributed by atoms with Gasteiger partial charge in [-0.15, -0.1) is 0 Å². The SMILES string of the molecule is CC(=O)N(C)CCc1ccc2c(c1)OCC(=O)N2C. The van der Waals surface area contributed by atoms with E-state index in [0.29, 0.717) is 6.54 Å². The number of hydrogen-bond donors (Lipinski definition) is 0. The van der Waals surface area contributed by atoms with Crippen molar-refractivity contribution < 1.29 is 14.3 Å². The number of nitrogens with zero attached hydrogens (tertiary/aromatic N) is 2. The first-order valence-electron chi connectivity index (χ1n) is 6.23. The maximum absolute atomic E-state index is 11.5. The standard InChI is InChI=1S/C14H18N2O3/c1-10(17)15(2)7-6-11-4-5-12-13(8-11)19-9-14(18)16(12)3/h4-5,8H,6-7,9H2,1-3H3. The fraction of sp³-hybridized carbons (Fsp3) is 0.429.